The van der Waals surface area contributed by atoms with Crippen molar-refractivity contribution in [2.75, 3.05) is 27.2 Å². The largest absolute Gasteiger partial charge is 0.459 e. The number of nitrogens with one attached hydrogen (secondary N) is 1. The minimum Gasteiger partial charge on any atom is -0.459 e. The number of piperidine rings is 1. The summed E-state index contributed by atoms with van der Waals surface area (Å²) in [5.74, 6) is 0.717. The molecule has 7 nitrogen and oxygen atoms in total. The number of fused-ring (bicyclic) bond motifs is 1. The Morgan fingerprint density at radius 3 is 2.77 bits per heavy atom. The van der Waals surface area contributed by atoms with Gasteiger partial charge in [0.25, 0.3) is 0 Å². The van der Waals surface area contributed by atoms with E-state index in [0.717, 1.165) is 16.5 Å². The number of carbonyl (C=O) groups is 1. The number of para-hydroxylation sites is 1. The van der Waals surface area contributed by atoms with Crippen molar-refractivity contribution in [2.24, 2.45) is 0 Å². The molecule has 0 spiro atoms. The average Bonchev–Trinajstić information content (AvgIpc) is 2.96. The fraction of sp³-hybridized carbons (Fsp3) is 0.500. The molecule has 1 aromatic heterocycles. The lowest BCUT2D eigenvalue weighted by Crippen LogP contribution is -2.50. The number of amides is 2. The van der Waals surface area contributed by atoms with Crippen molar-refractivity contribution in [3.05, 3.63) is 35.6 Å². The van der Waals surface area contributed by atoms with Crippen LogP contribution in [-0.2, 0) is 16.6 Å². The Hall–Kier alpha value is -2.06. The van der Waals surface area contributed by atoms with Crippen LogP contribution in [0, 0.1) is 6.92 Å². The molecule has 1 N–H and O–H groups in total. The van der Waals surface area contributed by atoms with E-state index in [1.807, 2.05) is 31.2 Å². The number of nitrogens with zero attached hydrogens (tertiary/aromatic N) is 2. The maximum absolute atomic E-state index is 12.5. The van der Waals surface area contributed by atoms with E-state index in [4.69, 9.17) is 4.42 Å². The summed E-state index contributed by atoms with van der Waals surface area (Å²) in [6, 6.07) is 7.48. The Morgan fingerprint density at radius 1 is 1.35 bits per heavy atom. The van der Waals surface area contributed by atoms with Crippen LogP contribution >= 0.6 is 0 Å². The quantitative estimate of drug-likeness (QED) is 0.884. The third kappa shape index (κ3) is 3.57. The molecule has 0 saturated carbocycles. The predicted molar refractivity (Wildman–Crippen MR) is 100 cm³/mol. The number of hydrogen-bond donors (Lipinski definition) is 1. The Kier molecular flexibility index (Phi) is 5.24. The van der Waals surface area contributed by atoms with Gasteiger partial charge in [0.15, 0.2) is 0 Å². The van der Waals surface area contributed by atoms with Crippen molar-refractivity contribution in [1.82, 2.24) is 14.5 Å². The van der Waals surface area contributed by atoms with Crippen LogP contribution in [0.2, 0.25) is 0 Å². The van der Waals surface area contributed by atoms with E-state index in [2.05, 4.69) is 5.32 Å². The molecule has 1 aliphatic heterocycles. The molecule has 142 valence electrons. The zero-order chi connectivity index (χ0) is 18.9. The van der Waals surface area contributed by atoms with Gasteiger partial charge in [-0.25, -0.2) is 17.5 Å². The van der Waals surface area contributed by atoms with Crippen LogP contribution in [0.25, 0.3) is 11.0 Å². The van der Waals surface area contributed by atoms with E-state index in [-0.39, 0.29) is 19.1 Å². The first-order valence-corrected chi connectivity index (χ1v) is 10.2. The first-order chi connectivity index (χ1) is 12.3. The van der Waals surface area contributed by atoms with Gasteiger partial charge in [-0.05, 0) is 25.8 Å². The van der Waals surface area contributed by atoms with E-state index in [0.29, 0.717) is 25.1 Å². The van der Waals surface area contributed by atoms with Crippen molar-refractivity contribution in [3.8, 4) is 0 Å². The molecule has 8 heteroatoms. The van der Waals surface area contributed by atoms with Crippen LogP contribution < -0.4 is 5.32 Å². The van der Waals surface area contributed by atoms with Crippen molar-refractivity contribution in [2.45, 2.75) is 31.6 Å². The molecule has 26 heavy (non-hydrogen) atoms. The molecule has 3 rings (SSSR count). The number of sulfonamides is 1. The average molecular weight is 379 g/mol. The first kappa shape index (κ1) is 18.7. The fourth-order valence-corrected chi connectivity index (χ4v) is 4.75. The topological polar surface area (TPSA) is 82.9 Å². The molecule has 2 heterocycles. The van der Waals surface area contributed by atoms with Gasteiger partial charge in [0.05, 0.1) is 11.8 Å². The number of aryl methyl sites for hydroxylation is 1. The van der Waals surface area contributed by atoms with Crippen LogP contribution in [0.15, 0.2) is 28.7 Å². The third-order valence-corrected chi connectivity index (χ3v) is 7.18. The normalized spacial score (nSPS) is 18.5. The second-order valence-corrected chi connectivity index (χ2v) is 9.27. The highest BCUT2D eigenvalue weighted by Crippen LogP contribution is 2.25. The molecule has 1 atom stereocenters. The molecule has 2 aromatic rings. The molecule has 1 fully saturated rings. The van der Waals surface area contributed by atoms with Gasteiger partial charge in [-0.2, -0.15) is 0 Å². The van der Waals surface area contributed by atoms with Crippen LogP contribution in [0.5, 0.6) is 0 Å². The molecule has 1 aliphatic rings. The van der Waals surface area contributed by atoms with E-state index in [1.165, 1.54) is 18.4 Å². The van der Waals surface area contributed by atoms with Crippen LogP contribution in [0.3, 0.4) is 0 Å². The number of rotatable bonds is 4. The molecule has 0 radical (unpaired) electrons. The standard InChI is InChI=1S/C18H25N3O4S/c1-13-15-8-4-5-9-16(15)25-17(13)11-19-18(22)21-10-6-7-14(12-21)26(23,24)20(2)3/h4-5,8-9,14H,6-7,10-12H2,1-3H3,(H,19,22). The summed E-state index contributed by atoms with van der Waals surface area (Å²) in [5, 5.41) is 3.34. The molecule has 0 bridgehead atoms. The maximum atomic E-state index is 12.5. The highest BCUT2D eigenvalue weighted by Gasteiger charge is 2.34. The van der Waals surface area contributed by atoms with E-state index < -0.39 is 15.3 Å². The summed E-state index contributed by atoms with van der Waals surface area (Å²) in [7, 11) is -0.311. The highest BCUT2D eigenvalue weighted by atomic mass is 32.2. The van der Waals surface area contributed by atoms with Gasteiger partial charge in [0.2, 0.25) is 10.0 Å². The monoisotopic (exact) mass is 379 g/mol. The minimum atomic E-state index is -3.36. The first-order valence-electron chi connectivity index (χ1n) is 8.72. The number of benzene rings is 1. The SMILES string of the molecule is Cc1c(CNC(=O)N2CCCC(S(=O)(=O)N(C)C)C2)oc2ccccc12. The van der Waals surface area contributed by atoms with Crippen LogP contribution in [0.1, 0.15) is 24.2 Å². The third-order valence-electron chi connectivity index (χ3n) is 4.94. The van der Waals surface area contributed by atoms with Gasteiger partial charge >= 0.3 is 6.03 Å². The smallest absolute Gasteiger partial charge is 0.317 e. The Bertz CT molecular complexity index is 904. The van der Waals surface area contributed by atoms with E-state index >= 15 is 0 Å². The van der Waals surface area contributed by atoms with Gasteiger partial charge < -0.3 is 14.6 Å². The Balaban J connectivity index is 1.65. The van der Waals surface area contributed by atoms with Crippen molar-refractivity contribution in [3.63, 3.8) is 0 Å². The lowest BCUT2D eigenvalue weighted by atomic mass is 10.1. The predicted octanol–water partition coefficient (Wildman–Crippen LogP) is 2.31. The zero-order valence-electron chi connectivity index (χ0n) is 15.4. The zero-order valence-corrected chi connectivity index (χ0v) is 16.2. The number of urea groups is 1. The van der Waals surface area contributed by atoms with Gasteiger partial charge in [0, 0.05) is 38.1 Å². The van der Waals surface area contributed by atoms with Crippen LogP contribution in [0.4, 0.5) is 4.79 Å². The molecular formula is C18H25N3O4S. The summed E-state index contributed by atoms with van der Waals surface area (Å²) in [5.41, 5.74) is 1.80. The summed E-state index contributed by atoms with van der Waals surface area (Å²) >= 11 is 0. The van der Waals surface area contributed by atoms with Crippen LogP contribution in [-0.4, -0.2) is 56.1 Å². The Labute approximate surface area is 154 Å². The summed E-state index contributed by atoms with van der Waals surface area (Å²) < 4.78 is 31.7. The molecular weight excluding hydrogens is 354 g/mol. The maximum Gasteiger partial charge on any atom is 0.317 e. The lowest BCUT2D eigenvalue weighted by molar-refractivity contribution is 0.185. The minimum absolute atomic E-state index is 0.214. The second kappa shape index (κ2) is 7.28. The second-order valence-electron chi connectivity index (χ2n) is 6.84. The lowest BCUT2D eigenvalue weighted by Gasteiger charge is -2.33. The van der Waals surface area contributed by atoms with E-state index in [9.17, 15) is 13.2 Å². The van der Waals surface area contributed by atoms with Crippen molar-refractivity contribution < 1.29 is 17.6 Å². The molecule has 1 unspecified atom stereocenters. The number of carbonyl (C=O) groups excluding carboxylic acids is 1. The summed E-state index contributed by atoms with van der Waals surface area (Å²) in [6.07, 6.45) is 1.25. The van der Waals surface area contributed by atoms with Gasteiger partial charge in [-0.15, -0.1) is 0 Å². The molecule has 2 amide bonds. The fourth-order valence-electron chi connectivity index (χ4n) is 3.33. The van der Waals surface area contributed by atoms with Gasteiger partial charge in [-0.1, -0.05) is 18.2 Å². The van der Waals surface area contributed by atoms with Gasteiger partial charge in [-0.3, -0.25) is 0 Å². The molecule has 1 saturated heterocycles. The van der Waals surface area contributed by atoms with Crippen molar-refractivity contribution in [1.29, 1.82) is 0 Å². The summed E-state index contributed by atoms with van der Waals surface area (Å²) in [6.45, 7) is 3.02. The van der Waals surface area contributed by atoms with E-state index in [1.54, 1.807) is 4.90 Å². The number of hydrogen-bond acceptors (Lipinski definition) is 4. The Morgan fingerprint density at radius 2 is 2.08 bits per heavy atom. The molecule has 1 aromatic carbocycles. The van der Waals surface area contributed by atoms with Gasteiger partial charge in [0.1, 0.15) is 11.3 Å². The van der Waals surface area contributed by atoms with Crippen molar-refractivity contribution >= 4 is 27.0 Å². The summed E-state index contributed by atoms with van der Waals surface area (Å²) in [4.78, 5) is 14.1. The molecule has 0 aliphatic carbocycles. The number of likely N-dealkylation sites (tertiary alicyclic amines) is 1. The number of furan rings is 1. The highest BCUT2D eigenvalue weighted by molar-refractivity contribution is 7.89.